The van der Waals surface area contributed by atoms with E-state index in [-0.39, 0.29) is 0 Å². The van der Waals surface area contributed by atoms with Crippen molar-refractivity contribution < 1.29 is 9.53 Å². The van der Waals surface area contributed by atoms with Gasteiger partial charge in [0, 0.05) is 18.0 Å². The van der Waals surface area contributed by atoms with E-state index >= 15 is 0 Å². The summed E-state index contributed by atoms with van der Waals surface area (Å²) < 4.78 is 5.27. The highest BCUT2D eigenvalue weighted by molar-refractivity contribution is 7.17. The Labute approximate surface area is 107 Å². The summed E-state index contributed by atoms with van der Waals surface area (Å²) in [5.41, 5.74) is 1.27. The fourth-order valence-electron chi connectivity index (χ4n) is 1.33. The highest BCUT2D eigenvalue weighted by atomic mass is 35.5. The van der Waals surface area contributed by atoms with Gasteiger partial charge in [-0.25, -0.2) is 9.78 Å². The summed E-state index contributed by atoms with van der Waals surface area (Å²) in [5, 5.41) is 0. The minimum absolute atomic E-state index is 0.312. The Morgan fingerprint density at radius 1 is 1.59 bits per heavy atom. The first-order valence-electron chi connectivity index (χ1n) is 4.96. The lowest BCUT2D eigenvalue weighted by Gasteiger charge is -2.01. The summed E-state index contributed by atoms with van der Waals surface area (Å²) >= 11 is 6.95. The van der Waals surface area contributed by atoms with Crippen LogP contribution in [0.1, 0.15) is 16.6 Å². The van der Waals surface area contributed by atoms with Crippen LogP contribution >= 0.6 is 22.9 Å². The first-order valence-corrected chi connectivity index (χ1v) is 6.15. The predicted molar refractivity (Wildman–Crippen MR) is 66.3 cm³/mol. The SMILES string of the molecule is CCOC(=O)c1sc(Cl)nc1-c1cccnc1. The third-order valence-corrected chi connectivity index (χ3v) is 3.14. The lowest BCUT2D eigenvalue weighted by Crippen LogP contribution is -2.03. The zero-order valence-electron chi connectivity index (χ0n) is 9.01. The molecule has 0 atom stereocenters. The van der Waals surface area contributed by atoms with Crippen LogP contribution in [0.25, 0.3) is 11.3 Å². The van der Waals surface area contributed by atoms with Crippen LogP contribution in [0.4, 0.5) is 0 Å². The topological polar surface area (TPSA) is 52.1 Å². The Kier molecular flexibility index (Phi) is 3.71. The molecule has 2 aromatic heterocycles. The number of carbonyl (C=O) groups is 1. The number of nitrogens with zero attached hydrogens (tertiary/aromatic N) is 2. The fourth-order valence-corrected chi connectivity index (χ4v) is 2.35. The van der Waals surface area contributed by atoms with Gasteiger partial charge < -0.3 is 4.74 Å². The minimum Gasteiger partial charge on any atom is -0.462 e. The van der Waals surface area contributed by atoms with Crippen molar-refractivity contribution in [3.63, 3.8) is 0 Å². The third-order valence-electron chi connectivity index (χ3n) is 2.00. The molecule has 0 aliphatic rings. The van der Waals surface area contributed by atoms with Crippen molar-refractivity contribution in [2.75, 3.05) is 6.61 Å². The number of esters is 1. The van der Waals surface area contributed by atoms with E-state index in [0.717, 1.165) is 16.9 Å². The Balaban J connectivity index is 2.44. The number of pyridine rings is 1. The predicted octanol–water partition coefficient (Wildman–Crippen LogP) is 3.04. The lowest BCUT2D eigenvalue weighted by molar-refractivity contribution is 0.0532. The maximum atomic E-state index is 11.7. The Hall–Kier alpha value is -1.46. The van der Waals surface area contributed by atoms with Crippen LogP contribution in [0.3, 0.4) is 0 Å². The number of carbonyl (C=O) groups excluding carboxylic acids is 1. The Bertz CT molecular complexity index is 528. The van der Waals surface area contributed by atoms with E-state index in [1.807, 2.05) is 6.07 Å². The summed E-state index contributed by atoms with van der Waals surface area (Å²) in [7, 11) is 0. The minimum atomic E-state index is -0.407. The van der Waals surface area contributed by atoms with E-state index in [1.54, 1.807) is 25.4 Å². The molecule has 6 heteroatoms. The van der Waals surface area contributed by atoms with Gasteiger partial charge in [0.25, 0.3) is 0 Å². The highest BCUT2D eigenvalue weighted by Crippen LogP contribution is 2.30. The zero-order chi connectivity index (χ0) is 12.3. The molecule has 0 N–H and O–H groups in total. The van der Waals surface area contributed by atoms with Gasteiger partial charge in [-0.05, 0) is 19.1 Å². The van der Waals surface area contributed by atoms with Crippen LogP contribution in [-0.2, 0) is 4.74 Å². The van der Waals surface area contributed by atoms with Crippen molar-refractivity contribution in [3.8, 4) is 11.3 Å². The molecular weight excluding hydrogens is 260 g/mol. The fraction of sp³-hybridized carbons (Fsp3) is 0.182. The van der Waals surface area contributed by atoms with Gasteiger partial charge in [-0.15, -0.1) is 0 Å². The molecule has 4 nitrogen and oxygen atoms in total. The van der Waals surface area contributed by atoms with Crippen molar-refractivity contribution in [2.24, 2.45) is 0 Å². The van der Waals surface area contributed by atoms with Crippen LogP contribution in [0.5, 0.6) is 0 Å². The molecule has 0 bridgehead atoms. The monoisotopic (exact) mass is 268 g/mol. The molecule has 0 radical (unpaired) electrons. The molecule has 2 heterocycles. The molecule has 17 heavy (non-hydrogen) atoms. The maximum absolute atomic E-state index is 11.7. The van der Waals surface area contributed by atoms with Crippen molar-refractivity contribution in [1.82, 2.24) is 9.97 Å². The van der Waals surface area contributed by atoms with Crippen LogP contribution < -0.4 is 0 Å². The third kappa shape index (κ3) is 2.62. The van der Waals surface area contributed by atoms with Crippen molar-refractivity contribution in [3.05, 3.63) is 33.9 Å². The molecule has 0 fully saturated rings. The highest BCUT2D eigenvalue weighted by Gasteiger charge is 2.19. The van der Waals surface area contributed by atoms with Crippen LogP contribution in [0.2, 0.25) is 4.47 Å². The van der Waals surface area contributed by atoms with E-state index in [4.69, 9.17) is 16.3 Å². The molecule has 2 aromatic rings. The summed E-state index contributed by atoms with van der Waals surface area (Å²) in [4.78, 5) is 20.2. The molecule has 0 aliphatic heterocycles. The smallest absolute Gasteiger partial charge is 0.350 e. The van der Waals surface area contributed by atoms with Crippen LogP contribution in [-0.4, -0.2) is 22.5 Å². The maximum Gasteiger partial charge on any atom is 0.350 e. The number of aromatic nitrogens is 2. The quantitative estimate of drug-likeness (QED) is 0.803. The molecule has 88 valence electrons. The number of rotatable bonds is 3. The van der Waals surface area contributed by atoms with Gasteiger partial charge in [-0.1, -0.05) is 22.9 Å². The molecule has 0 saturated carbocycles. The van der Waals surface area contributed by atoms with Crippen molar-refractivity contribution in [1.29, 1.82) is 0 Å². The molecule has 0 aromatic carbocycles. The standard InChI is InChI=1S/C11H9ClN2O2S/c1-2-16-10(15)9-8(14-11(12)17-9)7-4-3-5-13-6-7/h3-6H,2H2,1H3. The van der Waals surface area contributed by atoms with Crippen molar-refractivity contribution in [2.45, 2.75) is 6.92 Å². The van der Waals surface area contributed by atoms with Gasteiger partial charge >= 0.3 is 5.97 Å². The molecule has 0 amide bonds. The van der Waals surface area contributed by atoms with Gasteiger partial charge in [-0.2, -0.15) is 0 Å². The zero-order valence-corrected chi connectivity index (χ0v) is 10.6. The van der Waals surface area contributed by atoms with Crippen molar-refractivity contribution >= 4 is 28.9 Å². The summed E-state index contributed by atoms with van der Waals surface area (Å²) in [6.45, 7) is 2.07. The molecule has 0 saturated heterocycles. The summed E-state index contributed by atoms with van der Waals surface area (Å²) in [5.74, 6) is -0.407. The van der Waals surface area contributed by atoms with Gasteiger partial charge in [0.15, 0.2) is 4.47 Å². The van der Waals surface area contributed by atoms with E-state index in [9.17, 15) is 4.79 Å². The molecular formula is C11H9ClN2O2S. The van der Waals surface area contributed by atoms with E-state index in [0.29, 0.717) is 21.6 Å². The van der Waals surface area contributed by atoms with Gasteiger partial charge in [-0.3, -0.25) is 4.98 Å². The first kappa shape index (κ1) is 12.0. The van der Waals surface area contributed by atoms with E-state index in [2.05, 4.69) is 9.97 Å². The molecule has 0 aliphatic carbocycles. The number of halogens is 1. The molecule has 0 unspecified atom stereocenters. The van der Waals surface area contributed by atoms with E-state index in [1.165, 1.54) is 0 Å². The number of hydrogen-bond donors (Lipinski definition) is 0. The molecule has 0 spiro atoms. The second-order valence-corrected chi connectivity index (χ2v) is 4.69. The van der Waals surface area contributed by atoms with Crippen LogP contribution in [0, 0.1) is 0 Å². The number of ether oxygens (including phenoxy) is 1. The van der Waals surface area contributed by atoms with Gasteiger partial charge in [0.05, 0.1) is 12.3 Å². The second kappa shape index (κ2) is 5.25. The first-order chi connectivity index (χ1) is 8.22. The Morgan fingerprint density at radius 3 is 3.06 bits per heavy atom. The van der Waals surface area contributed by atoms with Gasteiger partial charge in [0.1, 0.15) is 4.88 Å². The van der Waals surface area contributed by atoms with Gasteiger partial charge in [0.2, 0.25) is 0 Å². The largest absolute Gasteiger partial charge is 0.462 e. The van der Waals surface area contributed by atoms with Crippen LogP contribution in [0.15, 0.2) is 24.5 Å². The summed E-state index contributed by atoms with van der Waals surface area (Å²) in [6, 6.07) is 3.60. The van der Waals surface area contributed by atoms with E-state index < -0.39 is 5.97 Å². The average molecular weight is 269 g/mol. The molecule has 2 rings (SSSR count). The number of hydrogen-bond acceptors (Lipinski definition) is 5. The average Bonchev–Trinajstić information content (AvgIpc) is 2.73. The number of thiazole rings is 1. The normalized spacial score (nSPS) is 10.2. The Morgan fingerprint density at radius 2 is 2.41 bits per heavy atom. The summed E-state index contributed by atoms with van der Waals surface area (Å²) in [6.07, 6.45) is 3.29. The second-order valence-electron chi connectivity index (χ2n) is 3.11. The lowest BCUT2D eigenvalue weighted by atomic mass is 10.2.